The van der Waals surface area contributed by atoms with Crippen molar-refractivity contribution in [1.82, 2.24) is 20.1 Å². The fourth-order valence-electron chi connectivity index (χ4n) is 8.91. The molecular formula is C37H42ClF3N6O6. The normalized spacial score (nSPS) is 25.3. The number of ketones is 2. The minimum Gasteiger partial charge on any atom is -0.445 e. The van der Waals surface area contributed by atoms with E-state index >= 15 is 0 Å². The number of aldehydes is 1. The molecule has 4 fully saturated rings. The summed E-state index contributed by atoms with van der Waals surface area (Å²) in [7, 11) is 0. The van der Waals surface area contributed by atoms with Gasteiger partial charge in [-0.25, -0.2) is 14.6 Å². The number of ether oxygens (including phenoxy) is 1. The quantitative estimate of drug-likeness (QED) is 0.173. The monoisotopic (exact) mass is 758 g/mol. The third-order valence-electron chi connectivity index (χ3n) is 11.8. The maximum absolute atomic E-state index is 14.8. The summed E-state index contributed by atoms with van der Waals surface area (Å²) in [6, 6.07) is 8.01. The number of hydrogen-bond acceptors (Lipinski definition) is 9. The van der Waals surface area contributed by atoms with E-state index in [2.05, 4.69) is 5.32 Å². The van der Waals surface area contributed by atoms with Gasteiger partial charge in [0.15, 0.2) is 5.54 Å². The largest absolute Gasteiger partial charge is 0.445 e. The van der Waals surface area contributed by atoms with E-state index in [0.717, 1.165) is 44.0 Å². The molecule has 3 saturated heterocycles. The molecule has 2 unspecified atom stereocenters. The number of nitrogens with one attached hydrogen (secondary N) is 1. The number of hydrazine groups is 1. The number of para-hydroxylation sites is 1. The molecule has 0 bridgehead atoms. The van der Waals surface area contributed by atoms with E-state index in [1.165, 1.54) is 16.0 Å². The Morgan fingerprint density at radius 1 is 1.02 bits per heavy atom. The lowest BCUT2D eigenvalue weighted by Gasteiger charge is -2.48. The first kappa shape index (κ1) is 37.1. The summed E-state index contributed by atoms with van der Waals surface area (Å²) >= 11 is 5.94. The summed E-state index contributed by atoms with van der Waals surface area (Å²) in [4.78, 5) is 69.7. The fourth-order valence-corrected chi connectivity index (χ4v) is 9.15. The standard InChI is InChI=1S/C37H42ClF3N6O6/c38-29-18-22(17-28(31(29)42)37(39,40)41)21-53-35(52)45-14-9-26(19-27(45)10-16-48)44-13-7-24-3-1-2-4-30(24)47(34(44)51)46-15-8-25(23-5-11-43-12-6-23)20-36(46)32(49)33(36)50/h1-4,16-18,23,25-27,43H,5-15,19-21,42H2/t25?,26?,27-/m0/s1. The van der Waals surface area contributed by atoms with Crippen LogP contribution < -0.4 is 16.1 Å². The van der Waals surface area contributed by atoms with Crippen LogP contribution in [0.5, 0.6) is 0 Å². The van der Waals surface area contributed by atoms with Crippen LogP contribution in [0.1, 0.15) is 61.6 Å². The number of benzene rings is 2. The first-order valence-electron chi connectivity index (χ1n) is 18.1. The second-order valence-corrected chi connectivity index (χ2v) is 15.1. The highest BCUT2D eigenvalue weighted by Crippen LogP contribution is 2.49. The van der Waals surface area contributed by atoms with Gasteiger partial charge < -0.3 is 30.4 Å². The van der Waals surface area contributed by atoms with Crippen molar-refractivity contribution in [3.63, 3.8) is 0 Å². The number of urea groups is 1. The van der Waals surface area contributed by atoms with Gasteiger partial charge in [-0.2, -0.15) is 18.2 Å². The Morgan fingerprint density at radius 2 is 1.75 bits per heavy atom. The van der Waals surface area contributed by atoms with Gasteiger partial charge in [0.1, 0.15) is 12.9 Å². The summed E-state index contributed by atoms with van der Waals surface area (Å²) in [6.07, 6.45) is -0.832. The first-order valence-corrected chi connectivity index (χ1v) is 18.5. The molecule has 1 aliphatic carbocycles. The van der Waals surface area contributed by atoms with Gasteiger partial charge >= 0.3 is 18.3 Å². The highest BCUT2D eigenvalue weighted by Gasteiger charge is 2.72. The minimum atomic E-state index is -4.76. The zero-order chi connectivity index (χ0) is 37.7. The van der Waals surface area contributed by atoms with Crippen molar-refractivity contribution >= 4 is 53.0 Å². The number of anilines is 2. The van der Waals surface area contributed by atoms with Crippen LogP contribution in [0.2, 0.25) is 5.02 Å². The lowest BCUT2D eigenvalue weighted by molar-refractivity contribution is -0.137. The molecule has 0 aromatic heterocycles. The van der Waals surface area contributed by atoms with Crippen molar-refractivity contribution in [2.24, 2.45) is 11.8 Å². The number of carbonyl (C=O) groups excluding carboxylic acids is 5. The number of hydrogen-bond donors (Lipinski definition) is 2. The molecule has 2 aromatic carbocycles. The van der Waals surface area contributed by atoms with Crippen molar-refractivity contribution in [2.45, 2.75) is 81.8 Å². The number of nitrogens with zero attached hydrogens (tertiary/aromatic N) is 4. The summed E-state index contributed by atoms with van der Waals surface area (Å²) in [6.45, 7) is 2.08. The molecule has 3 N–H and O–H groups in total. The SMILES string of the molecule is Nc1c(Cl)cc(COC(=O)N2CCC(N3CCc4ccccc4N(N4CCC(C5CCNCC5)CC45C(=O)C5=O)C3=O)C[C@@H]2CC=O)cc1C(F)(F)F. The average Bonchev–Trinajstić information content (AvgIpc) is 3.70. The molecule has 1 spiro atoms. The van der Waals surface area contributed by atoms with Gasteiger partial charge in [-0.15, -0.1) is 0 Å². The van der Waals surface area contributed by atoms with Crippen molar-refractivity contribution < 1.29 is 41.9 Å². The van der Waals surface area contributed by atoms with E-state index in [0.29, 0.717) is 50.2 Å². The lowest BCUT2D eigenvalue weighted by atomic mass is 9.76. The Bertz CT molecular complexity index is 1790. The van der Waals surface area contributed by atoms with Gasteiger partial charge in [0.25, 0.3) is 0 Å². The molecule has 12 nitrogen and oxygen atoms in total. The minimum absolute atomic E-state index is 0.00769. The summed E-state index contributed by atoms with van der Waals surface area (Å²) in [5, 5.41) is 6.29. The van der Waals surface area contributed by atoms with Crippen LogP contribution in [0.25, 0.3) is 0 Å². The molecule has 284 valence electrons. The third kappa shape index (κ3) is 6.87. The Hall–Kier alpha value is -4.21. The molecule has 4 aliphatic heterocycles. The van der Waals surface area contributed by atoms with Crippen molar-refractivity contribution in [2.75, 3.05) is 43.5 Å². The first-order chi connectivity index (χ1) is 25.3. The fraction of sp³-hybridized carbons (Fsp3) is 0.541. The maximum atomic E-state index is 14.8. The lowest BCUT2D eigenvalue weighted by Crippen LogP contribution is -2.63. The van der Waals surface area contributed by atoms with E-state index in [1.807, 2.05) is 24.3 Å². The third-order valence-corrected chi connectivity index (χ3v) is 12.1. The molecule has 1 saturated carbocycles. The Kier molecular flexibility index (Phi) is 10.2. The Labute approximate surface area is 309 Å². The van der Waals surface area contributed by atoms with Crippen LogP contribution >= 0.6 is 11.6 Å². The van der Waals surface area contributed by atoms with Crippen LogP contribution in [0.4, 0.5) is 34.1 Å². The number of alkyl halides is 3. The molecule has 3 amide bonds. The molecule has 7 rings (SSSR count). The van der Waals surface area contributed by atoms with Crippen LogP contribution in [0.3, 0.4) is 0 Å². The van der Waals surface area contributed by atoms with Crippen molar-refractivity contribution in [1.29, 1.82) is 0 Å². The number of fused-ring (bicyclic) bond motifs is 1. The van der Waals surface area contributed by atoms with Gasteiger partial charge in [-0.1, -0.05) is 29.8 Å². The number of Topliss-reactive ketones (excluding diaryl/α,β-unsaturated/α-hetero) is 2. The van der Waals surface area contributed by atoms with E-state index < -0.39 is 59.3 Å². The number of nitrogens with two attached hydrogens (primary N) is 1. The molecule has 4 heterocycles. The van der Waals surface area contributed by atoms with Gasteiger partial charge in [0.05, 0.1) is 22.0 Å². The van der Waals surface area contributed by atoms with Crippen LogP contribution in [0, 0.1) is 11.8 Å². The van der Waals surface area contributed by atoms with Crippen molar-refractivity contribution in [3.8, 4) is 0 Å². The van der Waals surface area contributed by atoms with E-state index in [1.54, 1.807) is 9.91 Å². The maximum Gasteiger partial charge on any atom is 0.418 e. The zero-order valence-electron chi connectivity index (χ0n) is 29.1. The molecular weight excluding hydrogens is 717 g/mol. The highest BCUT2D eigenvalue weighted by atomic mass is 35.5. The molecule has 16 heteroatoms. The summed E-state index contributed by atoms with van der Waals surface area (Å²) in [5.41, 5.74) is 3.89. The van der Waals surface area contributed by atoms with Crippen LogP contribution in [-0.4, -0.2) is 95.1 Å². The van der Waals surface area contributed by atoms with Gasteiger partial charge in [0, 0.05) is 38.1 Å². The number of likely N-dealkylation sites (tertiary alicyclic amines) is 1. The van der Waals surface area contributed by atoms with Crippen LogP contribution in [-0.2, 0) is 38.3 Å². The number of carbonyl (C=O) groups is 5. The highest BCUT2D eigenvalue weighted by molar-refractivity contribution is 6.67. The second kappa shape index (κ2) is 14.6. The average molecular weight is 759 g/mol. The predicted molar refractivity (Wildman–Crippen MR) is 188 cm³/mol. The Morgan fingerprint density at radius 3 is 2.45 bits per heavy atom. The molecule has 5 aliphatic rings. The van der Waals surface area contributed by atoms with Crippen molar-refractivity contribution in [3.05, 3.63) is 58.1 Å². The van der Waals surface area contributed by atoms with Crippen LogP contribution in [0.15, 0.2) is 36.4 Å². The van der Waals surface area contributed by atoms with E-state index in [-0.39, 0.29) is 41.9 Å². The smallest absolute Gasteiger partial charge is 0.418 e. The molecule has 0 radical (unpaired) electrons. The summed E-state index contributed by atoms with van der Waals surface area (Å²) in [5.74, 6) is -0.348. The second-order valence-electron chi connectivity index (χ2n) is 14.7. The van der Waals surface area contributed by atoms with E-state index in [4.69, 9.17) is 22.1 Å². The number of rotatable bonds is 7. The number of halogens is 4. The van der Waals surface area contributed by atoms with Gasteiger partial charge in [-0.3, -0.25) is 9.59 Å². The number of amides is 3. The number of piperidine rings is 3. The molecule has 3 atom stereocenters. The van der Waals surface area contributed by atoms with Gasteiger partial charge in [0.2, 0.25) is 11.6 Å². The van der Waals surface area contributed by atoms with E-state index in [9.17, 15) is 37.1 Å². The topological polar surface area (TPSA) is 146 Å². The van der Waals surface area contributed by atoms with Gasteiger partial charge in [-0.05, 0) is 99.2 Å². The molecule has 2 aromatic rings. The predicted octanol–water partition coefficient (Wildman–Crippen LogP) is 5.00. The summed E-state index contributed by atoms with van der Waals surface area (Å²) < 4.78 is 45.9. The molecule has 53 heavy (non-hydrogen) atoms. The Balaban J connectivity index is 1.10. The number of nitrogen functional groups attached to an aromatic ring is 1. The zero-order valence-corrected chi connectivity index (χ0v) is 29.8.